The fourth-order valence-corrected chi connectivity index (χ4v) is 5.98. The highest BCUT2D eigenvalue weighted by molar-refractivity contribution is 7.92. The van der Waals surface area contributed by atoms with E-state index in [1.54, 1.807) is 24.3 Å². The first-order chi connectivity index (χ1) is 18.6. The predicted molar refractivity (Wildman–Crippen MR) is 157 cm³/mol. The van der Waals surface area contributed by atoms with Crippen molar-refractivity contribution in [3.8, 4) is 0 Å². The minimum atomic E-state index is -4.24. The monoisotopic (exact) mass is 589 g/mol. The minimum absolute atomic E-state index is 0.000665. The van der Waals surface area contributed by atoms with E-state index in [0.29, 0.717) is 13.0 Å². The molecule has 7 nitrogen and oxygen atoms in total. The summed E-state index contributed by atoms with van der Waals surface area (Å²) in [4.78, 5) is 28.5. The van der Waals surface area contributed by atoms with Gasteiger partial charge in [-0.05, 0) is 49.6 Å². The second kappa shape index (κ2) is 13.8. The third kappa shape index (κ3) is 7.53. The van der Waals surface area contributed by atoms with E-state index in [2.05, 4.69) is 5.32 Å². The number of nitrogens with one attached hydrogen (secondary N) is 1. The molecule has 208 valence electrons. The van der Waals surface area contributed by atoms with Crippen molar-refractivity contribution in [2.75, 3.05) is 17.4 Å². The van der Waals surface area contributed by atoms with Gasteiger partial charge < -0.3 is 10.2 Å². The predicted octanol–water partition coefficient (Wildman–Crippen LogP) is 5.83. The zero-order valence-electron chi connectivity index (χ0n) is 22.2. The number of sulfonamides is 1. The quantitative estimate of drug-likeness (QED) is 0.288. The van der Waals surface area contributed by atoms with E-state index in [1.807, 2.05) is 51.1 Å². The number of hydrogen-bond acceptors (Lipinski definition) is 4. The van der Waals surface area contributed by atoms with Crippen LogP contribution in [-0.2, 0) is 26.2 Å². The van der Waals surface area contributed by atoms with E-state index in [0.717, 1.165) is 21.9 Å². The molecular weight excluding hydrogens is 557 g/mol. The van der Waals surface area contributed by atoms with Crippen LogP contribution in [0.2, 0.25) is 10.0 Å². The van der Waals surface area contributed by atoms with Crippen LogP contribution >= 0.6 is 23.2 Å². The lowest BCUT2D eigenvalue weighted by molar-refractivity contribution is -0.140. The van der Waals surface area contributed by atoms with Crippen molar-refractivity contribution in [3.63, 3.8) is 0 Å². The molecule has 1 N–H and O–H groups in total. The number of carbonyl (C=O) groups excluding carboxylic acids is 2. The van der Waals surface area contributed by atoms with Gasteiger partial charge in [-0.25, -0.2) is 8.42 Å². The molecule has 3 aromatic carbocycles. The number of hydrogen-bond donors (Lipinski definition) is 1. The maximum absolute atomic E-state index is 14.0. The molecule has 0 saturated heterocycles. The standard InChI is InChI=1S/C29H33Cl2N3O4S/c1-4-18-32-29(36)25(5-2)33(19-22-10-7-6-8-11-22)27(35)20-34(26-13-9-12-24(30)28(26)31)39(37,38)23-16-14-21(3)15-17-23/h6-17,25H,4-5,18-20H2,1-3H3,(H,32,36). The van der Waals surface area contributed by atoms with Crippen LogP contribution in [0, 0.1) is 6.92 Å². The van der Waals surface area contributed by atoms with E-state index in [1.165, 1.54) is 23.1 Å². The van der Waals surface area contributed by atoms with Gasteiger partial charge >= 0.3 is 0 Å². The Morgan fingerprint density at radius 3 is 2.21 bits per heavy atom. The number of carbonyl (C=O) groups is 2. The molecule has 2 amide bonds. The second-order valence-electron chi connectivity index (χ2n) is 9.12. The number of aryl methyl sites for hydroxylation is 1. The molecule has 10 heteroatoms. The Kier molecular flexibility index (Phi) is 10.8. The van der Waals surface area contributed by atoms with E-state index < -0.39 is 28.5 Å². The summed E-state index contributed by atoms with van der Waals surface area (Å²) < 4.78 is 28.8. The molecule has 39 heavy (non-hydrogen) atoms. The molecule has 0 spiro atoms. The van der Waals surface area contributed by atoms with Gasteiger partial charge in [0.25, 0.3) is 10.0 Å². The van der Waals surface area contributed by atoms with Gasteiger partial charge in [0, 0.05) is 13.1 Å². The molecule has 0 bridgehead atoms. The SMILES string of the molecule is CCCNC(=O)C(CC)N(Cc1ccccc1)C(=O)CN(c1cccc(Cl)c1Cl)S(=O)(=O)c1ccc(C)cc1. The minimum Gasteiger partial charge on any atom is -0.354 e. The normalized spacial score (nSPS) is 12.0. The summed E-state index contributed by atoms with van der Waals surface area (Å²) in [7, 11) is -4.24. The Bertz CT molecular complexity index is 1380. The topological polar surface area (TPSA) is 86.8 Å². The van der Waals surface area contributed by atoms with E-state index in [4.69, 9.17) is 23.2 Å². The van der Waals surface area contributed by atoms with Gasteiger partial charge in [0.15, 0.2) is 0 Å². The fourth-order valence-electron chi connectivity index (χ4n) is 4.10. The lowest BCUT2D eigenvalue weighted by Gasteiger charge is -2.33. The van der Waals surface area contributed by atoms with Crippen molar-refractivity contribution in [1.82, 2.24) is 10.2 Å². The highest BCUT2D eigenvalue weighted by Crippen LogP contribution is 2.35. The molecule has 0 radical (unpaired) electrons. The molecule has 0 aliphatic carbocycles. The largest absolute Gasteiger partial charge is 0.354 e. The van der Waals surface area contributed by atoms with Gasteiger partial charge in [-0.3, -0.25) is 13.9 Å². The number of rotatable bonds is 12. The first-order valence-electron chi connectivity index (χ1n) is 12.7. The molecule has 3 rings (SSSR count). The van der Waals surface area contributed by atoms with Crippen LogP contribution in [0.1, 0.15) is 37.8 Å². The second-order valence-corrected chi connectivity index (χ2v) is 11.8. The molecule has 0 fully saturated rings. The van der Waals surface area contributed by atoms with Gasteiger partial charge in [-0.1, -0.05) is 91.1 Å². The summed E-state index contributed by atoms with van der Waals surface area (Å²) in [5, 5.41) is 3.02. The van der Waals surface area contributed by atoms with Gasteiger partial charge in [0.05, 0.1) is 20.6 Å². The molecule has 0 aliphatic heterocycles. The molecular formula is C29H33Cl2N3O4S. The van der Waals surface area contributed by atoms with Gasteiger partial charge in [0.2, 0.25) is 11.8 Å². The molecule has 3 aromatic rings. The average Bonchev–Trinajstić information content (AvgIpc) is 2.92. The van der Waals surface area contributed by atoms with Gasteiger partial charge in [0.1, 0.15) is 12.6 Å². The highest BCUT2D eigenvalue weighted by Gasteiger charge is 2.34. The van der Waals surface area contributed by atoms with E-state index >= 15 is 0 Å². The van der Waals surface area contributed by atoms with Gasteiger partial charge in [-0.15, -0.1) is 0 Å². The first-order valence-corrected chi connectivity index (χ1v) is 14.9. The molecule has 1 atom stereocenters. The molecule has 0 aliphatic rings. The maximum Gasteiger partial charge on any atom is 0.264 e. The first kappa shape index (κ1) is 30.5. The molecule has 0 saturated carbocycles. The maximum atomic E-state index is 14.0. The van der Waals surface area contributed by atoms with Crippen molar-refractivity contribution in [3.05, 3.63) is 94.0 Å². The average molecular weight is 591 g/mol. The van der Waals surface area contributed by atoms with Crippen LogP contribution < -0.4 is 9.62 Å². The highest BCUT2D eigenvalue weighted by atomic mass is 35.5. The third-order valence-corrected chi connectivity index (χ3v) is 8.80. The van der Waals surface area contributed by atoms with E-state index in [9.17, 15) is 18.0 Å². The summed E-state index contributed by atoms with van der Waals surface area (Å²) in [5.74, 6) is -0.846. The summed E-state index contributed by atoms with van der Waals surface area (Å²) >= 11 is 12.7. The Hall–Kier alpha value is -3.07. The summed E-state index contributed by atoms with van der Waals surface area (Å²) in [6.45, 7) is 5.61. The Labute approximate surface area is 240 Å². The fraction of sp³-hybridized carbons (Fsp3) is 0.310. The Morgan fingerprint density at radius 1 is 0.923 bits per heavy atom. The van der Waals surface area contributed by atoms with Crippen molar-refractivity contribution >= 4 is 50.7 Å². The molecule has 0 heterocycles. The van der Waals surface area contributed by atoms with Crippen molar-refractivity contribution in [2.45, 2.75) is 51.1 Å². The van der Waals surface area contributed by atoms with Crippen LogP contribution in [0.3, 0.4) is 0 Å². The van der Waals surface area contributed by atoms with Crippen molar-refractivity contribution < 1.29 is 18.0 Å². The van der Waals surface area contributed by atoms with Crippen LogP contribution in [0.25, 0.3) is 0 Å². The molecule has 0 aromatic heterocycles. The Morgan fingerprint density at radius 2 is 1.59 bits per heavy atom. The van der Waals surface area contributed by atoms with Crippen molar-refractivity contribution in [1.29, 1.82) is 0 Å². The number of nitrogens with zero attached hydrogens (tertiary/aromatic N) is 2. The van der Waals surface area contributed by atoms with Crippen LogP contribution in [0.4, 0.5) is 5.69 Å². The Balaban J connectivity index is 2.08. The number of anilines is 1. The lowest BCUT2D eigenvalue weighted by atomic mass is 10.1. The summed E-state index contributed by atoms with van der Waals surface area (Å²) in [6.07, 6.45) is 1.08. The summed E-state index contributed by atoms with van der Waals surface area (Å²) in [6, 6.07) is 19.4. The zero-order chi connectivity index (χ0) is 28.6. The van der Waals surface area contributed by atoms with Gasteiger partial charge in [-0.2, -0.15) is 0 Å². The van der Waals surface area contributed by atoms with Crippen LogP contribution in [0.15, 0.2) is 77.7 Å². The zero-order valence-corrected chi connectivity index (χ0v) is 24.6. The summed E-state index contributed by atoms with van der Waals surface area (Å²) in [5.41, 5.74) is 1.76. The third-order valence-electron chi connectivity index (χ3n) is 6.22. The smallest absolute Gasteiger partial charge is 0.264 e. The van der Waals surface area contributed by atoms with Crippen LogP contribution in [-0.4, -0.2) is 44.3 Å². The lowest BCUT2D eigenvalue weighted by Crippen LogP contribution is -2.52. The number of amides is 2. The van der Waals surface area contributed by atoms with E-state index in [-0.39, 0.29) is 33.1 Å². The number of benzene rings is 3. The molecule has 1 unspecified atom stereocenters. The van der Waals surface area contributed by atoms with Crippen LogP contribution in [0.5, 0.6) is 0 Å². The number of halogens is 2. The van der Waals surface area contributed by atoms with Crippen molar-refractivity contribution in [2.24, 2.45) is 0 Å².